The molecule has 0 radical (unpaired) electrons. The number of hydrogen-bond donors (Lipinski definition) is 1. The first kappa shape index (κ1) is 10.7. The number of nitrogens with zero attached hydrogens (tertiary/aromatic N) is 1. The van der Waals surface area contributed by atoms with Crippen LogP contribution in [0.3, 0.4) is 0 Å². The molecule has 0 heterocycles. The fourth-order valence-corrected chi connectivity index (χ4v) is 1.38. The number of ether oxygens (including phenoxy) is 1. The number of para-hydroxylation sites is 1. The molecule has 1 fully saturated rings. The minimum absolute atomic E-state index is 0.00569. The first-order valence-corrected chi connectivity index (χ1v) is 5.27. The summed E-state index contributed by atoms with van der Waals surface area (Å²) in [6.45, 7) is 0. The summed E-state index contributed by atoms with van der Waals surface area (Å²) in [5, 5.41) is 3.91. The van der Waals surface area contributed by atoms with Gasteiger partial charge in [0, 0.05) is 11.5 Å². The predicted molar refractivity (Wildman–Crippen MR) is 61.5 cm³/mol. The molecular formula is C12H14N2O2. The van der Waals surface area contributed by atoms with Crippen LogP contribution in [0.2, 0.25) is 0 Å². The lowest BCUT2D eigenvalue weighted by molar-refractivity contribution is -0.122. The third-order valence-corrected chi connectivity index (χ3v) is 2.47. The average Bonchev–Trinajstić information content (AvgIpc) is 3.13. The molecule has 16 heavy (non-hydrogen) atoms. The normalized spacial score (nSPS) is 15.1. The maximum absolute atomic E-state index is 11.3. The second-order valence-corrected chi connectivity index (χ2v) is 3.75. The van der Waals surface area contributed by atoms with E-state index in [2.05, 4.69) is 10.5 Å². The molecule has 1 amide bonds. The van der Waals surface area contributed by atoms with E-state index >= 15 is 0 Å². The standard InChI is InChI=1S/C12H14N2O2/c1-16-11-5-3-2-4-10(11)8-13-14-12(15)9-6-7-9/h2-5,8-9H,6-7H2,1H3,(H,14,15). The average molecular weight is 218 g/mol. The molecule has 0 saturated heterocycles. The van der Waals surface area contributed by atoms with Gasteiger partial charge in [0.1, 0.15) is 5.75 Å². The van der Waals surface area contributed by atoms with Gasteiger partial charge in [-0.2, -0.15) is 5.10 Å². The Balaban J connectivity index is 1.96. The van der Waals surface area contributed by atoms with Crippen molar-refractivity contribution in [2.45, 2.75) is 12.8 Å². The summed E-state index contributed by atoms with van der Waals surface area (Å²) >= 11 is 0. The number of nitrogens with one attached hydrogen (secondary N) is 1. The maximum Gasteiger partial charge on any atom is 0.243 e. The van der Waals surface area contributed by atoms with Crippen molar-refractivity contribution < 1.29 is 9.53 Å². The van der Waals surface area contributed by atoms with Crippen molar-refractivity contribution >= 4 is 12.1 Å². The second kappa shape index (κ2) is 4.79. The Morgan fingerprint density at radius 2 is 2.25 bits per heavy atom. The van der Waals surface area contributed by atoms with E-state index in [4.69, 9.17) is 4.74 Å². The topological polar surface area (TPSA) is 50.7 Å². The van der Waals surface area contributed by atoms with E-state index in [1.165, 1.54) is 0 Å². The Bertz CT molecular complexity index is 411. The van der Waals surface area contributed by atoms with Crippen LogP contribution >= 0.6 is 0 Å². The molecule has 0 aromatic heterocycles. The van der Waals surface area contributed by atoms with Crippen molar-refractivity contribution in [3.8, 4) is 5.75 Å². The number of carbonyl (C=O) groups excluding carboxylic acids is 1. The van der Waals surface area contributed by atoms with Gasteiger partial charge < -0.3 is 4.74 Å². The van der Waals surface area contributed by atoms with E-state index in [0.29, 0.717) is 0 Å². The Morgan fingerprint density at radius 3 is 2.94 bits per heavy atom. The smallest absolute Gasteiger partial charge is 0.243 e. The van der Waals surface area contributed by atoms with Gasteiger partial charge >= 0.3 is 0 Å². The third kappa shape index (κ3) is 2.59. The fraction of sp³-hybridized carbons (Fsp3) is 0.333. The summed E-state index contributed by atoms with van der Waals surface area (Å²) in [5.41, 5.74) is 3.37. The summed E-state index contributed by atoms with van der Waals surface area (Å²) in [4.78, 5) is 11.3. The Morgan fingerprint density at radius 1 is 1.50 bits per heavy atom. The number of carbonyl (C=O) groups is 1. The number of hydrogen-bond acceptors (Lipinski definition) is 3. The molecule has 0 unspecified atom stereocenters. The molecule has 1 N–H and O–H groups in total. The molecule has 1 aliphatic carbocycles. The monoisotopic (exact) mass is 218 g/mol. The van der Waals surface area contributed by atoms with Crippen LogP contribution in [0.4, 0.5) is 0 Å². The van der Waals surface area contributed by atoms with Crippen molar-refractivity contribution in [3.63, 3.8) is 0 Å². The van der Waals surface area contributed by atoms with E-state index in [9.17, 15) is 4.79 Å². The molecule has 0 spiro atoms. The number of amides is 1. The summed E-state index contributed by atoms with van der Waals surface area (Å²) in [6.07, 6.45) is 3.56. The highest BCUT2D eigenvalue weighted by Gasteiger charge is 2.29. The number of benzene rings is 1. The van der Waals surface area contributed by atoms with Gasteiger partial charge in [0.25, 0.3) is 0 Å². The minimum atomic E-state index is 0.00569. The van der Waals surface area contributed by atoms with Gasteiger partial charge in [0.05, 0.1) is 13.3 Å². The summed E-state index contributed by atoms with van der Waals surface area (Å²) in [7, 11) is 1.61. The van der Waals surface area contributed by atoms with Crippen molar-refractivity contribution in [1.29, 1.82) is 0 Å². The molecular weight excluding hydrogens is 204 g/mol. The molecule has 4 nitrogen and oxygen atoms in total. The van der Waals surface area contributed by atoms with Crippen molar-refractivity contribution in [2.75, 3.05) is 7.11 Å². The molecule has 2 rings (SSSR count). The van der Waals surface area contributed by atoms with E-state index < -0.39 is 0 Å². The molecule has 1 aromatic rings. The van der Waals surface area contributed by atoms with Gasteiger partial charge in [-0.15, -0.1) is 0 Å². The van der Waals surface area contributed by atoms with Gasteiger partial charge in [-0.3, -0.25) is 4.79 Å². The lowest BCUT2D eigenvalue weighted by atomic mass is 10.2. The first-order chi connectivity index (χ1) is 7.81. The van der Waals surface area contributed by atoms with Gasteiger partial charge in [-0.05, 0) is 25.0 Å². The number of hydrazone groups is 1. The van der Waals surface area contributed by atoms with Gasteiger partial charge in [-0.25, -0.2) is 5.43 Å². The van der Waals surface area contributed by atoms with Gasteiger partial charge in [-0.1, -0.05) is 12.1 Å². The zero-order valence-electron chi connectivity index (χ0n) is 9.14. The van der Waals surface area contributed by atoms with Crippen molar-refractivity contribution in [1.82, 2.24) is 5.43 Å². The van der Waals surface area contributed by atoms with E-state index in [1.54, 1.807) is 13.3 Å². The van der Waals surface area contributed by atoms with E-state index in [-0.39, 0.29) is 11.8 Å². The minimum Gasteiger partial charge on any atom is -0.496 e. The third-order valence-electron chi connectivity index (χ3n) is 2.47. The molecule has 0 atom stereocenters. The van der Waals surface area contributed by atoms with Crippen LogP contribution in [0.1, 0.15) is 18.4 Å². The van der Waals surface area contributed by atoms with Crippen LogP contribution < -0.4 is 10.2 Å². The Hall–Kier alpha value is -1.84. The van der Waals surface area contributed by atoms with Crippen LogP contribution in [0.5, 0.6) is 5.75 Å². The highest BCUT2D eigenvalue weighted by atomic mass is 16.5. The SMILES string of the molecule is COc1ccccc1C=NNC(=O)C1CC1. The van der Waals surface area contributed by atoms with E-state index in [1.807, 2.05) is 24.3 Å². The Labute approximate surface area is 94.3 Å². The fourth-order valence-electron chi connectivity index (χ4n) is 1.38. The molecule has 4 heteroatoms. The van der Waals surface area contributed by atoms with E-state index in [0.717, 1.165) is 24.2 Å². The summed E-state index contributed by atoms with van der Waals surface area (Å²) in [6, 6.07) is 7.52. The van der Waals surface area contributed by atoms with Crippen LogP contribution in [0.15, 0.2) is 29.4 Å². The zero-order chi connectivity index (χ0) is 11.4. The molecule has 0 aliphatic heterocycles. The van der Waals surface area contributed by atoms with Crippen molar-refractivity contribution in [3.05, 3.63) is 29.8 Å². The number of rotatable bonds is 4. The first-order valence-electron chi connectivity index (χ1n) is 5.27. The maximum atomic E-state index is 11.3. The lowest BCUT2D eigenvalue weighted by Gasteiger charge is -2.02. The Kier molecular flexibility index (Phi) is 3.19. The quantitative estimate of drug-likeness (QED) is 0.616. The highest BCUT2D eigenvalue weighted by Crippen LogP contribution is 2.28. The van der Waals surface area contributed by atoms with Crippen molar-refractivity contribution in [2.24, 2.45) is 11.0 Å². The molecule has 1 aliphatic rings. The van der Waals surface area contributed by atoms with Crippen LogP contribution in [0, 0.1) is 5.92 Å². The largest absolute Gasteiger partial charge is 0.496 e. The van der Waals surface area contributed by atoms with Gasteiger partial charge in [0.2, 0.25) is 5.91 Å². The number of methoxy groups -OCH3 is 1. The molecule has 0 bridgehead atoms. The molecule has 1 aromatic carbocycles. The predicted octanol–water partition coefficient (Wildman–Crippen LogP) is 1.56. The van der Waals surface area contributed by atoms with Gasteiger partial charge in [0.15, 0.2) is 0 Å². The zero-order valence-corrected chi connectivity index (χ0v) is 9.14. The summed E-state index contributed by atoms with van der Waals surface area (Å²) < 4.78 is 5.16. The lowest BCUT2D eigenvalue weighted by Crippen LogP contribution is -2.18. The molecule has 1 saturated carbocycles. The van der Waals surface area contributed by atoms with Crippen LogP contribution in [0.25, 0.3) is 0 Å². The van der Waals surface area contributed by atoms with Crippen LogP contribution in [-0.4, -0.2) is 19.2 Å². The summed E-state index contributed by atoms with van der Waals surface area (Å²) in [5.74, 6) is 0.924. The molecule has 84 valence electrons. The highest BCUT2D eigenvalue weighted by molar-refractivity contribution is 5.86. The second-order valence-electron chi connectivity index (χ2n) is 3.75. The van der Waals surface area contributed by atoms with Crippen LogP contribution in [-0.2, 0) is 4.79 Å².